The maximum Gasteiger partial charge on any atom is 0.323 e. The van der Waals surface area contributed by atoms with E-state index in [0.29, 0.717) is 6.54 Å². The van der Waals surface area contributed by atoms with Crippen LogP contribution < -0.4 is 5.32 Å². The van der Waals surface area contributed by atoms with Crippen LogP contribution in [0.2, 0.25) is 0 Å². The SMILES string of the molecule is CCC(C)N(CC(=O)O)C(=O)NCC(C)N(C)C. The van der Waals surface area contributed by atoms with Gasteiger partial charge in [-0.15, -0.1) is 0 Å². The first-order valence-electron chi connectivity index (χ1n) is 6.22. The number of rotatable bonds is 7. The smallest absolute Gasteiger partial charge is 0.323 e. The Hall–Kier alpha value is -1.30. The van der Waals surface area contributed by atoms with Crippen molar-refractivity contribution in [2.45, 2.75) is 39.3 Å². The number of urea groups is 1. The zero-order valence-corrected chi connectivity index (χ0v) is 11.9. The van der Waals surface area contributed by atoms with Crippen molar-refractivity contribution in [3.8, 4) is 0 Å². The predicted octanol–water partition coefficient (Wildman–Crippen LogP) is 0.831. The molecule has 0 fully saturated rings. The van der Waals surface area contributed by atoms with Crippen LogP contribution in [0, 0.1) is 0 Å². The standard InChI is InChI=1S/C12H25N3O3/c1-6-9(2)15(8-11(16)17)12(18)13-7-10(3)14(4)5/h9-10H,6-8H2,1-5H3,(H,13,18)(H,16,17). The summed E-state index contributed by atoms with van der Waals surface area (Å²) in [5.41, 5.74) is 0. The van der Waals surface area contributed by atoms with E-state index < -0.39 is 5.97 Å². The lowest BCUT2D eigenvalue weighted by Crippen LogP contribution is -2.49. The van der Waals surface area contributed by atoms with Crippen LogP contribution in [0.4, 0.5) is 4.79 Å². The lowest BCUT2D eigenvalue weighted by atomic mass is 10.2. The van der Waals surface area contributed by atoms with Gasteiger partial charge in [0.1, 0.15) is 6.54 Å². The molecule has 2 N–H and O–H groups in total. The van der Waals surface area contributed by atoms with Gasteiger partial charge in [-0.05, 0) is 34.4 Å². The highest BCUT2D eigenvalue weighted by molar-refractivity contribution is 5.80. The molecular weight excluding hydrogens is 234 g/mol. The van der Waals surface area contributed by atoms with Crippen LogP contribution in [-0.2, 0) is 4.79 Å². The largest absolute Gasteiger partial charge is 0.480 e. The molecule has 6 nitrogen and oxygen atoms in total. The summed E-state index contributed by atoms with van der Waals surface area (Å²) in [7, 11) is 3.86. The van der Waals surface area contributed by atoms with Crippen molar-refractivity contribution in [1.29, 1.82) is 0 Å². The molecule has 2 unspecified atom stereocenters. The molecule has 0 radical (unpaired) electrons. The maximum absolute atomic E-state index is 11.9. The zero-order chi connectivity index (χ0) is 14.3. The van der Waals surface area contributed by atoms with Crippen molar-refractivity contribution in [2.75, 3.05) is 27.2 Å². The number of nitrogens with one attached hydrogen (secondary N) is 1. The van der Waals surface area contributed by atoms with Crippen molar-refractivity contribution >= 4 is 12.0 Å². The van der Waals surface area contributed by atoms with Crippen LogP contribution in [0.25, 0.3) is 0 Å². The summed E-state index contributed by atoms with van der Waals surface area (Å²) >= 11 is 0. The molecule has 0 heterocycles. The van der Waals surface area contributed by atoms with Gasteiger partial charge in [0.2, 0.25) is 0 Å². The van der Waals surface area contributed by atoms with Crippen molar-refractivity contribution in [3.63, 3.8) is 0 Å². The molecule has 0 rings (SSSR count). The summed E-state index contributed by atoms with van der Waals surface area (Å²) in [5.74, 6) is -0.994. The molecule has 0 aromatic carbocycles. The molecule has 0 aliphatic rings. The highest BCUT2D eigenvalue weighted by Gasteiger charge is 2.21. The van der Waals surface area contributed by atoms with E-state index in [0.717, 1.165) is 6.42 Å². The molecule has 0 aliphatic carbocycles. The Morgan fingerprint density at radius 2 is 1.78 bits per heavy atom. The summed E-state index contributed by atoms with van der Waals surface area (Å²) in [6.07, 6.45) is 0.726. The molecule has 18 heavy (non-hydrogen) atoms. The molecule has 0 saturated carbocycles. The average molecular weight is 259 g/mol. The summed E-state index contributed by atoms with van der Waals surface area (Å²) in [6, 6.07) is -0.200. The molecule has 0 aliphatic heterocycles. The fourth-order valence-corrected chi connectivity index (χ4v) is 1.31. The van der Waals surface area contributed by atoms with Crippen molar-refractivity contribution in [1.82, 2.24) is 15.1 Å². The molecule has 0 spiro atoms. The fourth-order valence-electron chi connectivity index (χ4n) is 1.31. The summed E-state index contributed by atoms with van der Waals surface area (Å²) in [5, 5.41) is 11.6. The normalized spacial score (nSPS) is 14.1. The van der Waals surface area contributed by atoms with Gasteiger partial charge in [-0.3, -0.25) is 4.79 Å². The van der Waals surface area contributed by atoms with E-state index in [4.69, 9.17) is 5.11 Å². The number of aliphatic carboxylic acids is 1. The molecule has 0 bridgehead atoms. The Morgan fingerprint density at radius 3 is 2.17 bits per heavy atom. The minimum Gasteiger partial charge on any atom is -0.480 e. The number of carboxylic acid groups (broad SMARTS) is 1. The highest BCUT2D eigenvalue weighted by Crippen LogP contribution is 2.03. The molecular formula is C12H25N3O3. The van der Waals surface area contributed by atoms with Crippen molar-refractivity contribution in [3.05, 3.63) is 0 Å². The van der Waals surface area contributed by atoms with Gasteiger partial charge in [0.25, 0.3) is 0 Å². The van der Waals surface area contributed by atoms with E-state index in [-0.39, 0.29) is 24.7 Å². The number of likely N-dealkylation sites (N-methyl/N-ethyl adjacent to an activating group) is 1. The number of amides is 2. The summed E-state index contributed by atoms with van der Waals surface area (Å²) < 4.78 is 0. The Morgan fingerprint density at radius 1 is 1.22 bits per heavy atom. The van der Waals surface area contributed by atoms with Gasteiger partial charge in [-0.2, -0.15) is 0 Å². The fraction of sp³-hybridized carbons (Fsp3) is 0.833. The number of nitrogens with zero attached hydrogens (tertiary/aromatic N) is 2. The van der Waals surface area contributed by atoms with Gasteiger partial charge >= 0.3 is 12.0 Å². The van der Waals surface area contributed by atoms with E-state index in [9.17, 15) is 9.59 Å². The van der Waals surface area contributed by atoms with Crippen LogP contribution in [0.3, 0.4) is 0 Å². The summed E-state index contributed by atoms with van der Waals surface area (Å²) in [4.78, 5) is 26.0. The Balaban J connectivity index is 4.42. The van der Waals surface area contributed by atoms with E-state index in [1.807, 2.05) is 39.8 Å². The second-order valence-corrected chi connectivity index (χ2v) is 4.78. The Labute approximate surface area is 109 Å². The first-order valence-corrected chi connectivity index (χ1v) is 6.22. The van der Waals surface area contributed by atoms with Crippen LogP contribution in [-0.4, -0.2) is 66.2 Å². The van der Waals surface area contributed by atoms with E-state index in [2.05, 4.69) is 5.32 Å². The minimum atomic E-state index is -0.994. The predicted molar refractivity (Wildman–Crippen MR) is 70.6 cm³/mol. The van der Waals surface area contributed by atoms with Gasteiger partial charge in [0.15, 0.2) is 0 Å². The first kappa shape index (κ1) is 16.7. The molecule has 106 valence electrons. The number of carbonyl (C=O) groups excluding carboxylic acids is 1. The topological polar surface area (TPSA) is 72.9 Å². The van der Waals surface area contributed by atoms with Crippen molar-refractivity contribution < 1.29 is 14.7 Å². The Bertz CT molecular complexity index is 282. The Kier molecular flexibility index (Phi) is 7.35. The quantitative estimate of drug-likeness (QED) is 0.710. The third kappa shape index (κ3) is 5.86. The molecule has 2 amide bonds. The minimum absolute atomic E-state index is 0.0873. The van der Waals surface area contributed by atoms with Crippen LogP contribution in [0.15, 0.2) is 0 Å². The van der Waals surface area contributed by atoms with E-state index in [1.165, 1.54) is 4.90 Å². The van der Waals surface area contributed by atoms with Crippen LogP contribution in [0.1, 0.15) is 27.2 Å². The second-order valence-electron chi connectivity index (χ2n) is 4.78. The van der Waals surface area contributed by atoms with Gasteiger partial charge < -0.3 is 20.2 Å². The van der Waals surface area contributed by atoms with Gasteiger partial charge in [0, 0.05) is 18.6 Å². The van der Waals surface area contributed by atoms with Gasteiger partial charge in [-0.25, -0.2) is 4.79 Å². The molecule has 2 atom stereocenters. The third-order valence-electron chi connectivity index (χ3n) is 3.12. The van der Waals surface area contributed by atoms with Crippen LogP contribution in [0.5, 0.6) is 0 Å². The number of carboxylic acids is 1. The van der Waals surface area contributed by atoms with Gasteiger partial charge in [0.05, 0.1) is 0 Å². The maximum atomic E-state index is 11.9. The highest BCUT2D eigenvalue weighted by atomic mass is 16.4. The van der Waals surface area contributed by atoms with E-state index in [1.54, 1.807) is 0 Å². The van der Waals surface area contributed by atoms with Crippen LogP contribution >= 0.6 is 0 Å². The number of hydrogen-bond donors (Lipinski definition) is 2. The molecule has 6 heteroatoms. The lowest BCUT2D eigenvalue weighted by Gasteiger charge is -2.28. The number of carbonyl (C=O) groups is 2. The monoisotopic (exact) mass is 259 g/mol. The van der Waals surface area contributed by atoms with E-state index >= 15 is 0 Å². The second kappa shape index (κ2) is 7.92. The lowest BCUT2D eigenvalue weighted by molar-refractivity contribution is -0.138. The zero-order valence-electron chi connectivity index (χ0n) is 11.9. The molecule has 0 aromatic rings. The summed E-state index contributed by atoms with van der Waals surface area (Å²) in [6.45, 7) is 5.99. The molecule has 0 saturated heterocycles. The number of hydrogen-bond acceptors (Lipinski definition) is 3. The third-order valence-corrected chi connectivity index (χ3v) is 3.12. The molecule has 0 aromatic heterocycles. The van der Waals surface area contributed by atoms with Crippen molar-refractivity contribution in [2.24, 2.45) is 0 Å². The first-order chi connectivity index (χ1) is 8.29. The van der Waals surface area contributed by atoms with Gasteiger partial charge in [-0.1, -0.05) is 6.92 Å². The average Bonchev–Trinajstić information content (AvgIpc) is 2.31.